The van der Waals surface area contributed by atoms with Gasteiger partial charge in [0.25, 0.3) is 6.43 Å². The second-order valence-corrected chi connectivity index (χ2v) is 4.90. The summed E-state index contributed by atoms with van der Waals surface area (Å²) in [5.41, 5.74) is 1.83. The number of hydrogen-bond donors (Lipinski definition) is 1. The Morgan fingerprint density at radius 1 is 1.41 bits per heavy atom. The van der Waals surface area contributed by atoms with Crippen molar-refractivity contribution in [3.63, 3.8) is 0 Å². The van der Waals surface area contributed by atoms with Gasteiger partial charge in [-0.05, 0) is 31.7 Å². The predicted octanol–water partition coefficient (Wildman–Crippen LogP) is 3.43. The molecule has 1 atom stereocenters. The molecule has 1 aromatic carbocycles. The maximum atomic E-state index is 12.4. The van der Waals surface area contributed by atoms with Crippen molar-refractivity contribution in [3.05, 3.63) is 28.2 Å². The summed E-state index contributed by atoms with van der Waals surface area (Å²) in [6.45, 7) is 1.74. The molecule has 1 unspecified atom stereocenters. The van der Waals surface area contributed by atoms with Gasteiger partial charge >= 0.3 is 0 Å². The molecule has 17 heavy (non-hydrogen) atoms. The molecule has 0 bridgehead atoms. The van der Waals surface area contributed by atoms with E-state index in [0.717, 1.165) is 15.7 Å². The summed E-state index contributed by atoms with van der Waals surface area (Å²) >= 11 is 3.37. The topological polar surface area (TPSA) is 15.3 Å². The van der Waals surface area contributed by atoms with Gasteiger partial charge in [0.05, 0.1) is 6.54 Å². The summed E-state index contributed by atoms with van der Waals surface area (Å²) in [7, 11) is 3.53. The molecule has 0 radical (unpaired) electrons. The molecule has 0 heterocycles. The zero-order valence-corrected chi connectivity index (χ0v) is 11.8. The van der Waals surface area contributed by atoms with Gasteiger partial charge in [-0.3, -0.25) is 0 Å². The molecule has 0 fully saturated rings. The van der Waals surface area contributed by atoms with Crippen LogP contribution in [-0.4, -0.2) is 27.1 Å². The van der Waals surface area contributed by atoms with E-state index >= 15 is 0 Å². The van der Waals surface area contributed by atoms with Crippen molar-refractivity contribution in [1.29, 1.82) is 0 Å². The van der Waals surface area contributed by atoms with Gasteiger partial charge in [-0.2, -0.15) is 0 Å². The highest BCUT2D eigenvalue weighted by Gasteiger charge is 2.15. The normalized spacial score (nSPS) is 12.9. The van der Waals surface area contributed by atoms with E-state index in [1.807, 2.05) is 32.2 Å². The van der Waals surface area contributed by atoms with E-state index in [1.165, 1.54) is 0 Å². The first-order valence-corrected chi connectivity index (χ1v) is 6.21. The van der Waals surface area contributed by atoms with Gasteiger partial charge in [0.2, 0.25) is 0 Å². The quantitative estimate of drug-likeness (QED) is 0.896. The Morgan fingerprint density at radius 3 is 2.59 bits per heavy atom. The van der Waals surface area contributed by atoms with E-state index < -0.39 is 6.43 Å². The van der Waals surface area contributed by atoms with E-state index in [9.17, 15) is 8.78 Å². The zero-order valence-electron chi connectivity index (χ0n) is 10.2. The average Bonchev–Trinajstić information content (AvgIpc) is 2.27. The highest BCUT2D eigenvalue weighted by molar-refractivity contribution is 9.10. The van der Waals surface area contributed by atoms with Crippen molar-refractivity contribution < 1.29 is 8.78 Å². The minimum absolute atomic E-state index is 0.123. The third kappa shape index (κ3) is 3.92. The molecule has 0 aliphatic carbocycles. The summed E-state index contributed by atoms with van der Waals surface area (Å²) < 4.78 is 25.7. The first kappa shape index (κ1) is 14.4. The Kier molecular flexibility index (Phi) is 5.33. The molecule has 0 spiro atoms. The van der Waals surface area contributed by atoms with E-state index in [4.69, 9.17) is 0 Å². The zero-order chi connectivity index (χ0) is 13.0. The Morgan fingerprint density at radius 2 is 2.06 bits per heavy atom. The summed E-state index contributed by atoms with van der Waals surface area (Å²) in [6.07, 6.45) is -2.34. The lowest BCUT2D eigenvalue weighted by Gasteiger charge is -2.25. The molecular weight excluding hydrogens is 290 g/mol. The predicted molar refractivity (Wildman–Crippen MR) is 70.9 cm³/mol. The summed E-state index contributed by atoms with van der Waals surface area (Å²) in [6, 6.07) is 5.86. The number of hydrogen-bond acceptors (Lipinski definition) is 2. The number of alkyl halides is 2. The molecule has 96 valence electrons. The van der Waals surface area contributed by atoms with Crippen molar-refractivity contribution >= 4 is 21.6 Å². The Hall–Kier alpha value is -0.680. The maximum absolute atomic E-state index is 12.4. The van der Waals surface area contributed by atoms with Gasteiger partial charge < -0.3 is 10.2 Å². The average molecular weight is 307 g/mol. The van der Waals surface area contributed by atoms with Crippen LogP contribution in [0.3, 0.4) is 0 Å². The van der Waals surface area contributed by atoms with Crippen molar-refractivity contribution in [2.75, 3.05) is 25.5 Å². The van der Waals surface area contributed by atoms with E-state index in [-0.39, 0.29) is 12.6 Å². The number of rotatable bonds is 5. The molecule has 1 rings (SSSR count). The monoisotopic (exact) mass is 306 g/mol. The lowest BCUT2D eigenvalue weighted by molar-refractivity contribution is 0.156. The maximum Gasteiger partial charge on any atom is 0.255 e. The molecule has 0 aliphatic rings. The molecule has 0 saturated carbocycles. The van der Waals surface area contributed by atoms with Crippen LogP contribution in [0.5, 0.6) is 0 Å². The van der Waals surface area contributed by atoms with Gasteiger partial charge in [0.15, 0.2) is 0 Å². The van der Waals surface area contributed by atoms with Gasteiger partial charge in [-0.15, -0.1) is 0 Å². The number of halogens is 3. The van der Waals surface area contributed by atoms with Crippen LogP contribution in [0.1, 0.15) is 18.5 Å². The van der Waals surface area contributed by atoms with Crippen LogP contribution in [0, 0.1) is 0 Å². The minimum Gasteiger partial charge on any atom is -0.369 e. The van der Waals surface area contributed by atoms with Gasteiger partial charge in [-0.1, -0.05) is 22.0 Å². The highest BCUT2D eigenvalue weighted by Crippen LogP contribution is 2.29. The third-order valence-corrected chi connectivity index (χ3v) is 3.21. The number of nitrogens with zero attached hydrogens (tertiary/aromatic N) is 1. The van der Waals surface area contributed by atoms with Crippen molar-refractivity contribution in [1.82, 2.24) is 5.32 Å². The molecule has 0 aromatic heterocycles. The Bertz CT molecular complexity index is 372. The molecule has 5 heteroatoms. The SMILES string of the molecule is CNC(C)c1ccc(Br)cc1N(C)CC(F)F. The smallest absolute Gasteiger partial charge is 0.255 e. The van der Waals surface area contributed by atoms with Crippen LogP contribution < -0.4 is 10.2 Å². The van der Waals surface area contributed by atoms with Crippen LogP contribution >= 0.6 is 15.9 Å². The van der Waals surface area contributed by atoms with E-state index in [2.05, 4.69) is 21.2 Å². The standard InChI is InChI=1S/C12H17BrF2N2/c1-8(16-2)10-5-4-9(13)6-11(10)17(3)7-12(14)15/h4-6,8,12,16H,7H2,1-3H3. The molecular formula is C12H17BrF2N2. The molecule has 1 N–H and O–H groups in total. The Balaban J connectivity index is 3.06. The van der Waals surface area contributed by atoms with Crippen molar-refractivity contribution in [2.24, 2.45) is 0 Å². The molecule has 0 amide bonds. The van der Waals surface area contributed by atoms with Crippen LogP contribution in [0.2, 0.25) is 0 Å². The largest absolute Gasteiger partial charge is 0.369 e. The first-order valence-electron chi connectivity index (χ1n) is 5.41. The summed E-state index contributed by atoms with van der Waals surface area (Å²) in [4.78, 5) is 1.58. The fourth-order valence-electron chi connectivity index (χ4n) is 1.67. The van der Waals surface area contributed by atoms with Crippen LogP contribution in [0.4, 0.5) is 14.5 Å². The number of benzene rings is 1. The second kappa shape index (κ2) is 6.31. The van der Waals surface area contributed by atoms with Crippen LogP contribution in [-0.2, 0) is 0 Å². The summed E-state index contributed by atoms with van der Waals surface area (Å²) in [5, 5.41) is 3.12. The van der Waals surface area contributed by atoms with Crippen molar-refractivity contribution in [3.8, 4) is 0 Å². The van der Waals surface area contributed by atoms with Gasteiger partial charge in [0.1, 0.15) is 0 Å². The fraction of sp³-hybridized carbons (Fsp3) is 0.500. The molecule has 0 aliphatic heterocycles. The number of nitrogens with one attached hydrogen (secondary N) is 1. The fourth-order valence-corrected chi connectivity index (χ4v) is 2.02. The second-order valence-electron chi connectivity index (χ2n) is 3.99. The van der Waals surface area contributed by atoms with Crippen LogP contribution in [0.15, 0.2) is 22.7 Å². The van der Waals surface area contributed by atoms with Gasteiger partial charge in [0, 0.05) is 23.2 Å². The van der Waals surface area contributed by atoms with E-state index in [1.54, 1.807) is 11.9 Å². The first-order chi connectivity index (χ1) is 7.95. The lowest BCUT2D eigenvalue weighted by Crippen LogP contribution is -2.26. The van der Waals surface area contributed by atoms with Crippen LogP contribution in [0.25, 0.3) is 0 Å². The number of anilines is 1. The third-order valence-electron chi connectivity index (χ3n) is 2.72. The van der Waals surface area contributed by atoms with Gasteiger partial charge in [-0.25, -0.2) is 8.78 Å². The van der Waals surface area contributed by atoms with E-state index in [0.29, 0.717) is 0 Å². The minimum atomic E-state index is -2.34. The highest BCUT2D eigenvalue weighted by atomic mass is 79.9. The van der Waals surface area contributed by atoms with Crippen molar-refractivity contribution in [2.45, 2.75) is 19.4 Å². The molecule has 1 aromatic rings. The Labute approximate surface area is 109 Å². The lowest BCUT2D eigenvalue weighted by atomic mass is 10.1. The summed E-state index contributed by atoms with van der Waals surface area (Å²) in [5.74, 6) is 0. The molecule has 2 nitrogen and oxygen atoms in total. The molecule has 0 saturated heterocycles.